The number of anilines is 1. The average Bonchev–Trinajstić information content (AvgIpc) is 2.68. The number of hydrogen-bond donors (Lipinski definition) is 2. The van der Waals surface area contributed by atoms with Crippen LogP contribution in [0.15, 0.2) is 18.2 Å². The third kappa shape index (κ3) is 7.04. The van der Waals surface area contributed by atoms with Crippen LogP contribution in [0.2, 0.25) is 0 Å². The Morgan fingerprint density at radius 1 is 1.18 bits per heavy atom. The number of ether oxygens (including phenoxy) is 1. The highest BCUT2D eigenvalue weighted by Crippen LogP contribution is 2.37. The quantitative estimate of drug-likeness (QED) is 0.481. The molecule has 2 aliphatic rings. The Morgan fingerprint density at radius 3 is 2.42 bits per heavy atom. The lowest BCUT2D eigenvalue weighted by atomic mass is 9.88. The Labute approximate surface area is 192 Å². The zero-order valence-electron chi connectivity index (χ0n) is 18.7. The van der Waals surface area contributed by atoms with Gasteiger partial charge in [-0.2, -0.15) is 8.42 Å². The van der Waals surface area contributed by atoms with Crippen LogP contribution in [0.4, 0.5) is 14.4 Å². The summed E-state index contributed by atoms with van der Waals surface area (Å²) in [4.78, 5) is 37.2. The van der Waals surface area contributed by atoms with Crippen LogP contribution >= 0.6 is 0 Å². The van der Waals surface area contributed by atoms with E-state index in [2.05, 4.69) is 14.8 Å². The van der Waals surface area contributed by atoms with Gasteiger partial charge in [-0.05, 0) is 57.6 Å². The molecule has 1 aromatic rings. The molecule has 2 saturated heterocycles. The van der Waals surface area contributed by atoms with Crippen molar-refractivity contribution in [1.82, 2.24) is 10.2 Å². The fourth-order valence-electron chi connectivity index (χ4n) is 3.87. The van der Waals surface area contributed by atoms with E-state index in [0.717, 1.165) is 0 Å². The minimum atomic E-state index is -5.29. The van der Waals surface area contributed by atoms with E-state index in [4.69, 9.17) is 4.74 Å². The number of piperidine rings is 2. The molecule has 0 radical (unpaired) electrons. The molecule has 3 rings (SSSR count). The second-order valence-electron chi connectivity index (χ2n) is 9.12. The maximum atomic E-state index is 13.4. The fourth-order valence-corrected chi connectivity index (χ4v) is 4.23. The SMILES string of the molecule is CC(C)(C)OC(=O)N1CCC(c2ccc(NC3CCC(=O)NC3=O)cc2OS(=O)(=O)F)CC1. The molecule has 1 aromatic carbocycles. The number of halogens is 1. The first kappa shape index (κ1) is 24.7. The van der Waals surface area contributed by atoms with Gasteiger partial charge in [-0.3, -0.25) is 14.9 Å². The van der Waals surface area contributed by atoms with Crippen molar-refractivity contribution in [2.24, 2.45) is 0 Å². The molecule has 1 atom stereocenters. The normalized spacial score (nSPS) is 20.2. The predicted molar refractivity (Wildman–Crippen MR) is 117 cm³/mol. The van der Waals surface area contributed by atoms with Crippen molar-refractivity contribution < 1.29 is 35.6 Å². The minimum absolute atomic E-state index is 0.167. The molecule has 0 aliphatic carbocycles. The fraction of sp³-hybridized carbons (Fsp3) is 0.571. The van der Waals surface area contributed by atoms with Gasteiger partial charge in [0.25, 0.3) is 0 Å². The van der Waals surface area contributed by atoms with E-state index < -0.39 is 34.1 Å². The summed E-state index contributed by atoms with van der Waals surface area (Å²) in [6, 6.07) is 3.87. The van der Waals surface area contributed by atoms with E-state index in [0.29, 0.717) is 37.2 Å². The highest BCUT2D eigenvalue weighted by molar-refractivity contribution is 7.81. The summed E-state index contributed by atoms with van der Waals surface area (Å²) in [5.41, 5.74) is 0.211. The molecule has 0 bridgehead atoms. The standard InChI is InChI=1S/C21H28FN3O7S/c1-21(2,3)31-20(28)25-10-8-13(9-11-25)15-5-4-14(12-17(15)32-33(22,29)30)23-16-6-7-18(26)24-19(16)27/h4-5,12-13,16,23H,6-11H2,1-3H3,(H,24,26,27). The third-order valence-electron chi connectivity index (χ3n) is 5.37. The first-order valence-corrected chi connectivity index (χ1v) is 12.0. The number of rotatable bonds is 5. The topological polar surface area (TPSA) is 131 Å². The third-order valence-corrected chi connectivity index (χ3v) is 5.75. The lowest BCUT2D eigenvalue weighted by molar-refractivity contribution is -0.133. The number of hydrogen-bond acceptors (Lipinski definition) is 8. The van der Waals surface area contributed by atoms with Gasteiger partial charge in [0.05, 0.1) is 0 Å². The Balaban J connectivity index is 1.74. The lowest BCUT2D eigenvalue weighted by Gasteiger charge is -2.34. The zero-order valence-corrected chi connectivity index (χ0v) is 19.5. The van der Waals surface area contributed by atoms with Gasteiger partial charge in [0.15, 0.2) is 5.75 Å². The monoisotopic (exact) mass is 485 g/mol. The van der Waals surface area contributed by atoms with Crippen molar-refractivity contribution in [1.29, 1.82) is 0 Å². The molecule has 2 heterocycles. The minimum Gasteiger partial charge on any atom is -0.444 e. The molecule has 0 spiro atoms. The zero-order chi connectivity index (χ0) is 24.4. The Kier molecular flexibility index (Phi) is 7.15. The van der Waals surface area contributed by atoms with Gasteiger partial charge in [-0.15, -0.1) is 0 Å². The molecule has 1 unspecified atom stereocenters. The van der Waals surface area contributed by atoms with Crippen LogP contribution in [-0.2, 0) is 24.8 Å². The van der Waals surface area contributed by atoms with E-state index in [1.54, 1.807) is 37.8 Å². The van der Waals surface area contributed by atoms with Crippen molar-refractivity contribution in [3.63, 3.8) is 0 Å². The smallest absolute Gasteiger partial charge is 0.444 e. The van der Waals surface area contributed by atoms with Crippen LogP contribution in [0.1, 0.15) is 57.9 Å². The van der Waals surface area contributed by atoms with Gasteiger partial charge in [0.1, 0.15) is 11.6 Å². The van der Waals surface area contributed by atoms with Crippen LogP contribution in [-0.4, -0.2) is 56.0 Å². The molecule has 12 heteroatoms. The van der Waals surface area contributed by atoms with E-state index in [-0.39, 0.29) is 30.4 Å². The van der Waals surface area contributed by atoms with Crippen molar-refractivity contribution in [2.75, 3.05) is 18.4 Å². The van der Waals surface area contributed by atoms with E-state index in [1.165, 1.54) is 6.07 Å². The van der Waals surface area contributed by atoms with Gasteiger partial charge in [0, 0.05) is 31.3 Å². The molecule has 2 fully saturated rings. The maximum Gasteiger partial charge on any atom is 0.488 e. The number of nitrogens with zero attached hydrogens (tertiary/aromatic N) is 1. The second-order valence-corrected chi connectivity index (χ2v) is 10.1. The van der Waals surface area contributed by atoms with E-state index in [9.17, 15) is 26.7 Å². The van der Waals surface area contributed by atoms with Gasteiger partial charge in [-0.1, -0.05) is 9.95 Å². The average molecular weight is 486 g/mol. The molecule has 0 saturated carbocycles. The molecule has 3 amide bonds. The molecule has 10 nitrogen and oxygen atoms in total. The first-order chi connectivity index (χ1) is 15.3. The summed E-state index contributed by atoms with van der Waals surface area (Å²) < 4.78 is 45.8. The molecule has 33 heavy (non-hydrogen) atoms. The van der Waals surface area contributed by atoms with Crippen molar-refractivity contribution >= 4 is 34.1 Å². The number of likely N-dealkylation sites (tertiary alicyclic amines) is 1. The number of amides is 3. The van der Waals surface area contributed by atoms with Crippen LogP contribution in [0.5, 0.6) is 5.75 Å². The van der Waals surface area contributed by atoms with Gasteiger partial charge in [-0.25, -0.2) is 4.79 Å². The van der Waals surface area contributed by atoms with Crippen LogP contribution in [0, 0.1) is 0 Å². The lowest BCUT2D eigenvalue weighted by Crippen LogP contribution is -2.47. The highest BCUT2D eigenvalue weighted by atomic mass is 32.3. The number of carbonyl (C=O) groups excluding carboxylic acids is 3. The number of imide groups is 1. The van der Waals surface area contributed by atoms with E-state index in [1.807, 2.05) is 0 Å². The van der Waals surface area contributed by atoms with Gasteiger partial charge in [0.2, 0.25) is 11.8 Å². The van der Waals surface area contributed by atoms with E-state index >= 15 is 0 Å². The van der Waals surface area contributed by atoms with Gasteiger partial charge >= 0.3 is 16.6 Å². The summed E-state index contributed by atoms with van der Waals surface area (Å²) in [5, 5.41) is 5.14. The number of carbonyl (C=O) groups is 3. The summed E-state index contributed by atoms with van der Waals surface area (Å²) in [7, 11) is -5.29. The Morgan fingerprint density at radius 2 is 1.85 bits per heavy atom. The van der Waals surface area contributed by atoms with Crippen LogP contribution < -0.4 is 14.8 Å². The molecular weight excluding hydrogens is 457 g/mol. The Hall–Kier alpha value is -2.89. The van der Waals surface area contributed by atoms with Crippen molar-refractivity contribution in [3.8, 4) is 5.75 Å². The maximum absolute atomic E-state index is 13.4. The first-order valence-electron chi connectivity index (χ1n) is 10.7. The molecule has 2 N–H and O–H groups in total. The van der Waals surface area contributed by atoms with Gasteiger partial charge < -0.3 is 19.1 Å². The van der Waals surface area contributed by atoms with Crippen LogP contribution in [0.3, 0.4) is 0 Å². The predicted octanol–water partition coefficient (Wildman–Crippen LogP) is 2.61. The summed E-state index contributed by atoms with van der Waals surface area (Å²) in [6.07, 6.45) is 1.02. The van der Waals surface area contributed by atoms with Crippen molar-refractivity contribution in [3.05, 3.63) is 23.8 Å². The van der Waals surface area contributed by atoms with Crippen molar-refractivity contribution in [2.45, 2.75) is 64.0 Å². The summed E-state index contributed by atoms with van der Waals surface area (Å²) in [5.74, 6) is -1.22. The molecule has 182 valence electrons. The summed E-state index contributed by atoms with van der Waals surface area (Å²) in [6.45, 7) is 6.12. The molecule has 2 aliphatic heterocycles. The Bertz CT molecular complexity index is 1030. The van der Waals surface area contributed by atoms with Crippen LogP contribution in [0.25, 0.3) is 0 Å². The number of benzene rings is 1. The second kappa shape index (κ2) is 9.54. The highest BCUT2D eigenvalue weighted by Gasteiger charge is 2.31. The largest absolute Gasteiger partial charge is 0.488 e. The molecule has 0 aromatic heterocycles. The summed E-state index contributed by atoms with van der Waals surface area (Å²) >= 11 is 0. The molecular formula is C21H28FN3O7S. The number of nitrogens with one attached hydrogen (secondary N) is 2.